The number of benzene rings is 1. The number of halogens is 5. The summed E-state index contributed by atoms with van der Waals surface area (Å²) in [6.07, 6.45) is 0. The van der Waals surface area contributed by atoms with Crippen LogP contribution in [0.15, 0.2) is 22.0 Å². The van der Waals surface area contributed by atoms with Crippen molar-refractivity contribution in [3.05, 3.63) is 54.6 Å². The summed E-state index contributed by atoms with van der Waals surface area (Å²) in [5.74, 6) is -1.93. The van der Waals surface area contributed by atoms with E-state index in [1.54, 1.807) is 0 Å². The fourth-order valence-corrected chi connectivity index (χ4v) is 3.75. The molecule has 0 spiro atoms. The van der Waals surface area contributed by atoms with Crippen LogP contribution in [0.25, 0.3) is 0 Å². The summed E-state index contributed by atoms with van der Waals surface area (Å²) < 4.78 is 27.2. The van der Waals surface area contributed by atoms with Crippen LogP contribution in [-0.4, -0.2) is 0 Å². The average Bonchev–Trinajstić information content (AvgIpc) is 2.63. The van der Waals surface area contributed by atoms with Gasteiger partial charge in [-0.05, 0) is 52.2 Å². The van der Waals surface area contributed by atoms with Crippen molar-refractivity contribution in [1.82, 2.24) is 0 Å². The van der Waals surface area contributed by atoms with Crippen molar-refractivity contribution < 1.29 is 8.78 Å². The number of alkyl halides is 1. The van der Waals surface area contributed by atoms with Gasteiger partial charge in [-0.15, -0.1) is 22.9 Å². The number of hydrogen-bond acceptors (Lipinski definition) is 1. The molecule has 18 heavy (non-hydrogen) atoms. The van der Waals surface area contributed by atoms with E-state index >= 15 is 0 Å². The summed E-state index contributed by atoms with van der Waals surface area (Å²) >= 11 is 17.0. The SMILES string of the molecule is Cc1cc(C(Cl)c2cc(F)c(F)cc2Cl)sc1Br. The standard InChI is InChI=1S/C12H7BrCl2F2S/c1-5-2-10(18-12(5)13)11(15)6-3-8(16)9(17)4-7(6)14/h2-4,11H,1H3. The van der Waals surface area contributed by atoms with Crippen molar-refractivity contribution in [3.63, 3.8) is 0 Å². The Morgan fingerprint density at radius 2 is 1.83 bits per heavy atom. The maximum absolute atomic E-state index is 13.2. The van der Waals surface area contributed by atoms with Crippen LogP contribution in [0.1, 0.15) is 21.4 Å². The normalized spacial score (nSPS) is 12.8. The summed E-state index contributed by atoms with van der Waals surface area (Å²) in [6, 6.07) is 3.87. The Labute approximate surface area is 126 Å². The monoisotopic (exact) mass is 370 g/mol. The molecular formula is C12H7BrCl2F2S. The summed E-state index contributed by atoms with van der Waals surface area (Å²) in [5.41, 5.74) is 1.41. The summed E-state index contributed by atoms with van der Waals surface area (Å²) in [4.78, 5) is 0.828. The molecule has 0 N–H and O–H groups in total. The van der Waals surface area contributed by atoms with E-state index in [0.717, 1.165) is 26.4 Å². The van der Waals surface area contributed by atoms with E-state index < -0.39 is 17.0 Å². The first-order valence-corrected chi connectivity index (χ1v) is 7.37. The predicted octanol–water partition coefficient (Wildman–Crippen LogP) is 6.08. The predicted molar refractivity (Wildman–Crippen MR) is 75.8 cm³/mol. The maximum atomic E-state index is 13.2. The van der Waals surface area contributed by atoms with Crippen LogP contribution in [0.5, 0.6) is 0 Å². The molecule has 0 amide bonds. The van der Waals surface area contributed by atoms with Gasteiger partial charge in [0.1, 0.15) is 0 Å². The Morgan fingerprint density at radius 1 is 1.22 bits per heavy atom. The molecule has 2 aromatic rings. The molecule has 1 unspecified atom stereocenters. The number of aryl methyl sites for hydroxylation is 1. The molecule has 0 nitrogen and oxygen atoms in total. The van der Waals surface area contributed by atoms with Gasteiger partial charge in [-0.2, -0.15) is 0 Å². The lowest BCUT2D eigenvalue weighted by Gasteiger charge is -2.10. The Bertz CT molecular complexity index is 579. The minimum absolute atomic E-state index is 0.121. The van der Waals surface area contributed by atoms with Crippen molar-refractivity contribution in [2.24, 2.45) is 0 Å². The van der Waals surface area contributed by atoms with Crippen molar-refractivity contribution in [2.45, 2.75) is 12.3 Å². The number of hydrogen-bond donors (Lipinski definition) is 0. The number of thiophene rings is 1. The lowest BCUT2D eigenvalue weighted by atomic mass is 10.1. The van der Waals surface area contributed by atoms with Gasteiger partial charge >= 0.3 is 0 Å². The third kappa shape index (κ3) is 2.72. The van der Waals surface area contributed by atoms with Crippen molar-refractivity contribution >= 4 is 50.5 Å². The second-order valence-corrected chi connectivity index (χ2v) is 7.00. The van der Waals surface area contributed by atoms with Crippen LogP contribution in [-0.2, 0) is 0 Å². The van der Waals surface area contributed by atoms with Crippen LogP contribution in [0.2, 0.25) is 5.02 Å². The molecule has 0 saturated heterocycles. The largest absolute Gasteiger partial charge is 0.204 e. The molecule has 0 bridgehead atoms. The molecule has 0 aliphatic heterocycles. The average molecular weight is 372 g/mol. The zero-order chi connectivity index (χ0) is 13.4. The molecular weight excluding hydrogens is 365 g/mol. The number of rotatable bonds is 2. The molecule has 1 aromatic heterocycles. The van der Waals surface area contributed by atoms with Crippen LogP contribution in [0.4, 0.5) is 8.78 Å². The van der Waals surface area contributed by atoms with Gasteiger partial charge in [0.05, 0.1) is 9.16 Å². The third-order valence-electron chi connectivity index (χ3n) is 2.44. The van der Waals surface area contributed by atoms with Crippen LogP contribution in [0.3, 0.4) is 0 Å². The fourth-order valence-electron chi connectivity index (χ4n) is 1.49. The van der Waals surface area contributed by atoms with Gasteiger partial charge in [-0.1, -0.05) is 11.6 Å². The van der Waals surface area contributed by atoms with Gasteiger partial charge in [0.15, 0.2) is 11.6 Å². The van der Waals surface area contributed by atoms with E-state index in [1.807, 2.05) is 13.0 Å². The lowest BCUT2D eigenvalue weighted by molar-refractivity contribution is 0.507. The zero-order valence-electron chi connectivity index (χ0n) is 9.11. The van der Waals surface area contributed by atoms with E-state index in [2.05, 4.69) is 15.9 Å². The molecule has 0 saturated carbocycles. The van der Waals surface area contributed by atoms with Gasteiger partial charge in [0, 0.05) is 9.90 Å². The highest BCUT2D eigenvalue weighted by Gasteiger charge is 2.19. The Hall–Kier alpha value is -0.160. The molecule has 2 rings (SSSR count). The topological polar surface area (TPSA) is 0 Å². The van der Waals surface area contributed by atoms with E-state index in [1.165, 1.54) is 11.3 Å². The van der Waals surface area contributed by atoms with Crippen LogP contribution in [0, 0.1) is 18.6 Å². The van der Waals surface area contributed by atoms with Gasteiger partial charge in [-0.25, -0.2) is 8.78 Å². The lowest BCUT2D eigenvalue weighted by Crippen LogP contribution is -1.95. The highest BCUT2D eigenvalue weighted by atomic mass is 79.9. The second-order valence-electron chi connectivity index (χ2n) is 3.76. The highest BCUT2D eigenvalue weighted by Crippen LogP contribution is 2.40. The minimum atomic E-state index is -0.976. The zero-order valence-corrected chi connectivity index (χ0v) is 13.0. The molecule has 1 atom stereocenters. The van der Waals surface area contributed by atoms with Crippen molar-refractivity contribution in [2.75, 3.05) is 0 Å². The van der Waals surface area contributed by atoms with E-state index in [9.17, 15) is 8.78 Å². The molecule has 96 valence electrons. The van der Waals surface area contributed by atoms with Gasteiger partial charge < -0.3 is 0 Å². The third-order valence-corrected chi connectivity index (χ3v) is 5.57. The second kappa shape index (κ2) is 5.45. The summed E-state index contributed by atoms with van der Waals surface area (Å²) in [7, 11) is 0. The molecule has 6 heteroatoms. The minimum Gasteiger partial charge on any atom is -0.204 e. The van der Waals surface area contributed by atoms with Gasteiger partial charge in [-0.3, -0.25) is 0 Å². The first-order chi connectivity index (χ1) is 8.40. The molecule has 0 aliphatic carbocycles. The summed E-state index contributed by atoms with van der Waals surface area (Å²) in [6.45, 7) is 1.93. The van der Waals surface area contributed by atoms with Gasteiger partial charge in [0.25, 0.3) is 0 Å². The van der Waals surface area contributed by atoms with Crippen molar-refractivity contribution in [3.8, 4) is 0 Å². The molecule has 0 radical (unpaired) electrons. The van der Waals surface area contributed by atoms with Crippen LogP contribution >= 0.6 is 50.5 Å². The Balaban J connectivity index is 2.45. The van der Waals surface area contributed by atoms with E-state index in [0.29, 0.717) is 5.56 Å². The molecule has 0 fully saturated rings. The maximum Gasteiger partial charge on any atom is 0.160 e. The summed E-state index contributed by atoms with van der Waals surface area (Å²) in [5, 5.41) is -0.473. The van der Waals surface area contributed by atoms with E-state index in [-0.39, 0.29) is 5.02 Å². The highest BCUT2D eigenvalue weighted by molar-refractivity contribution is 9.11. The first-order valence-electron chi connectivity index (χ1n) is 4.94. The molecule has 1 heterocycles. The Kier molecular flexibility index (Phi) is 4.32. The van der Waals surface area contributed by atoms with E-state index in [4.69, 9.17) is 23.2 Å². The first kappa shape index (κ1) is 14.3. The molecule has 0 aliphatic rings. The van der Waals surface area contributed by atoms with Crippen molar-refractivity contribution in [1.29, 1.82) is 0 Å². The van der Waals surface area contributed by atoms with Gasteiger partial charge in [0.2, 0.25) is 0 Å². The van der Waals surface area contributed by atoms with Crippen LogP contribution < -0.4 is 0 Å². The smallest absolute Gasteiger partial charge is 0.160 e. The fraction of sp³-hybridized carbons (Fsp3) is 0.167. The Morgan fingerprint density at radius 3 is 2.39 bits per heavy atom. The quantitative estimate of drug-likeness (QED) is 0.443. The molecule has 1 aromatic carbocycles.